The van der Waals surface area contributed by atoms with E-state index < -0.39 is 15.8 Å². The SMILES string of the molecule is Cc1noc(C=Cc2ccccc2F)c1S(=O)(=O)N1CCC(C(=O)NCCC2=CCCCC2)CC1. The van der Waals surface area contributed by atoms with E-state index in [9.17, 15) is 17.6 Å². The number of hydrogen-bond donors (Lipinski definition) is 1. The lowest BCUT2D eigenvalue weighted by atomic mass is 9.96. The molecule has 9 heteroatoms. The molecule has 0 bridgehead atoms. The van der Waals surface area contributed by atoms with Gasteiger partial charge in [-0.05, 0) is 70.1 Å². The molecule has 1 saturated heterocycles. The second kappa shape index (κ2) is 11.3. The number of allylic oxidation sites excluding steroid dienone is 1. The third-order valence-electron chi connectivity index (χ3n) is 6.71. The van der Waals surface area contributed by atoms with E-state index in [1.54, 1.807) is 25.1 Å². The molecule has 0 atom stereocenters. The third-order valence-corrected chi connectivity index (χ3v) is 8.76. The first-order valence-corrected chi connectivity index (χ1v) is 13.6. The van der Waals surface area contributed by atoms with Gasteiger partial charge in [0.15, 0.2) is 10.7 Å². The van der Waals surface area contributed by atoms with Crippen molar-refractivity contribution in [1.82, 2.24) is 14.8 Å². The summed E-state index contributed by atoms with van der Waals surface area (Å²) < 4.78 is 47.4. The number of nitrogens with zero attached hydrogens (tertiary/aromatic N) is 2. The number of rotatable bonds is 8. The quantitative estimate of drug-likeness (QED) is 0.530. The summed E-state index contributed by atoms with van der Waals surface area (Å²) >= 11 is 0. The highest BCUT2D eigenvalue weighted by atomic mass is 32.2. The summed E-state index contributed by atoms with van der Waals surface area (Å²) in [7, 11) is -3.88. The number of carbonyl (C=O) groups excluding carboxylic acids is 1. The summed E-state index contributed by atoms with van der Waals surface area (Å²) in [6.07, 6.45) is 11.7. The molecule has 0 saturated carbocycles. The Balaban J connectivity index is 1.36. The molecule has 1 aromatic heterocycles. The van der Waals surface area contributed by atoms with E-state index in [-0.39, 0.29) is 41.3 Å². The Morgan fingerprint density at radius 2 is 2.00 bits per heavy atom. The van der Waals surface area contributed by atoms with Crippen LogP contribution in [0.25, 0.3) is 12.2 Å². The second-order valence-electron chi connectivity index (χ2n) is 9.14. The Labute approximate surface area is 206 Å². The summed E-state index contributed by atoms with van der Waals surface area (Å²) in [6, 6.07) is 6.20. The Morgan fingerprint density at radius 1 is 1.23 bits per heavy atom. The molecule has 2 heterocycles. The molecule has 1 amide bonds. The highest BCUT2D eigenvalue weighted by Gasteiger charge is 2.35. The zero-order chi connectivity index (χ0) is 24.8. The van der Waals surface area contributed by atoms with Gasteiger partial charge < -0.3 is 9.84 Å². The van der Waals surface area contributed by atoms with E-state index >= 15 is 0 Å². The molecule has 2 aliphatic rings. The van der Waals surface area contributed by atoms with Crippen LogP contribution in [0.2, 0.25) is 0 Å². The normalized spacial score (nSPS) is 18.1. The van der Waals surface area contributed by atoms with E-state index in [0.717, 1.165) is 19.3 Å². The fourth-order valence-corrected chi connectivity index (χ4v) is 6.40. The number of nitrogens with one attached hydrogen (secondary N) is 1. The highest BCUT2D eigenvalue weighted by molar-refractivity contribution is 7.89. The number of carbonyl (C=O) groups is 1. The van der Waals surface area contributed by atoms with Crippen LogP contribution in [-0.2, 0) is 14.8 Å². The molecule has 1 N–H and O–H groups in total. The maximum Gasteiger partial charge on any atom is 0.248 e. The van der Waals surface area contributed by atoms with E-state index in [1.807, 2.05) is 0 Å². The van der Waals surface area contributed by atoms with Crippen molar-refractivity contribution in [3.05, 3.63) is 58.7 Å². The molecular formula is C26H32FN3O4S. The van der Waals surface area contributed by atoms with Crippen LogP contribution in [0.1, 0.15) is 62.0 Å². The van der Waals surface area contributed by atoms with E-state index in [2.05, 4.69) is 16.5 Å². The summed E-state index contributed by atoms with van der Waals surface area (Å²) in [4.78, 5) is 12.6. The molecule has 4 rings (SSSR count). The van der Waals surface area contributed by atoms with Gasteiger partial charge >= 0.3 is 0 Å². The number of halogens is 1. The maximum absolute atomic E-state index is 13.9. The number of piperidine rings is 1. The topological polar surface area (TPSA) is 92.5 Å². The van der Waals surface area contributed by atoms with Crippen molar-refractivity contribution in [2.45, 2.75) is 56.8 Å². The lowest BCUT2D eigenvalue weighted by molar-refractivity contribution is -0.126. The maximum atomic E-state index is 13.9. The Kier molecular flexibility index (Phi) is 8.18. The number of hydrogen-bond acceptors (Lipinski definition) is 5. The number of sulfonamides is 1. The van der Waals surface area contributed by atoms with Gasteiger partial charge in [-0.15, -0.1) is 0 Å². The average molecular weight is 502 g/mol. The van der Waals surface area contributed by atoms with Crippen LogP contribution >= 0.6 is 0 Å². The molecule has 2 aromatic rings. The van der Waals surface area contributed by atoms with Gasteiger partial charge in [0.1, 0.15) is 11.5 Å². The van der Waals surface area contributed by atoms with Gasteiger partial charge in [0.25, 0.3) is 0 Å². The lowest BCUT2D eigenvalue weighted by Crippen LogP contribution is -2.43. The van der Waals surface area contributed by atoms with Crippen LogP contribution in [0.3, 0.4) is 0 Å². The largest absolute Gasteiger partial charge is 0.356 e. The predicted molar refractivity (Wildman–Crippen MR) is 132 cm³/mol. The number of aromatic nitrogens is 1. The van der Waals surface area contributed by atoms with Crippen molar-refractivity contribution >= 4 is 28.1 Å². The molecule has 1 aliphatic heterocycles. The van der Waals surface area contributed by atoms with Gasteiger partial charge in [-0.25, -0.2) is 12.8 Å². The van der Waals surface area contributed by atoms with E-state index in [0.29, 0.717) is 24.9 Å². The van der Waals surface area contributed by atoms with Crippen molar-refractivity contribution in [2.75, 3.05) is 19.6 Å². The molecule has 7 nitrogen and oxygen atoms in total. The fourth-order valence-electron chi connectivity index (χ4n) is 4.68. The molecule has 188 valence electrons. The van der Waals surface area contributed by atoms with Crippen molar-refractivity contribution in [3.63, 3.8) is 0 Å². The molecule has 0 radical (unpaired) electrons. The van der Waals surface area contributed by atoms with Gasteiger partial charge in [0.2, 0.25) is 15.9 Å². The molecular weight excluding hydrogens is 469 g/mol. The van der Waals surface area contributed by atoms with Crippen LogP contribution in [0.5, 0.6) is 0 Å². The van der Waals surface area contributed by atoms with Crippen LogP contribution in [0, 0.1) is 18.7 Å². The van der Waals surface area contributed by atoms with E-state index in [1.165, 1.54) is 40.9 Å². The fraction of sp³-hybridized carbons (Fsp3) is 0.462. The Morgan fingerprint density at radius 3 is 2.71 bits per heavy atom. The van der Waals surface area contributed by atoms with Crippen LogP contribution in [0.4, 0.5) is 4.39 Å². The molecule has 1 fully saturated rings. The van der Waals surface area contributed by atoms with E-state index in [4.69, 9.17) is 4.52 Å². The minimum atomic E-state index is -3.88. The van der Waals surface area contributed by atoms with Crippen LogP contribution < -0.4 is 5.32 Å². The standard InChI is InChI=1S/C26H32FN3O4S/c1-19-25(24(34-29-19)12-11-21-9-5-6-10-23(21)27)35(32,33)30-17-14-22(15-18-30)26(31)28-16-13-20-7-3-2-4-8-20/h5-7,9-12,22H,2-4,8,13-18H2,1H3,(H,28,31). The number of aryl methyl sites for hydroxylation is 1. The molecule has 1 aliphatic carbocycles. The summed E-state index contributed by atoms with van der Waals surface area (Å²) in [5.74, 6) is -0.568. The van der Waals surface area contributed by atoms with Crippen LogP contribution in [-0.4, -0.2) is 43.4 Å². The first kappa shape index (κ1) is 25.3. The molecule has 0 spiro atoms. The molecule has 35 heavy (non-hydrogen) atoms. The number of amides is 1. The first-order valence-electron chi connectivity index (χ1n) is 12.2. The van der Waals surface area contributed by atoms with Gasteiger partial charge in [0.05, 0.1) is 0 Å². The second-order valence-corrected chi connectivity index (χ2v) is 11.0. The third kappa shape index (κ3) is 6.08. The zero-order valence-electron chi connectivity index (χ0n) is 20.0. The Bertz CT molecular complexity index is 1210. The van der Waals surface area contributed by atoms with Gasteiger partial charge in [-0.3, -0.25) is 4.79 Å². The minimum absolute atomic E-state index is 0.00636. The minimum Gasteiger partial charge on any atom is -0.356 e. The molecule has 1 aromatic carbocycles. The monoisotopic (exact) mass is 501 g/mol. The van der Waals surface area contributed by atoms with Crippen molar-refractivity contribution in [1.29, 1.82) is 0 Å². The van der Waals surface area contributed by atoms with Gasteiger partial charge in [-0.1, -0.05) is 35.0 Å². The summed E-state index contributed by atoms with van der Waals surface area (Å²) in [6.45, 7) is 2.68. The zero-order valence-corrected chi connectivity index (χ0v) is 20.8. The summed E-state index contributed by atoms with van der Waals surface area (Å²) in [5, 5.41) is 6.86. The smallest absolute Gasteiger partial charge is 0.248 e. The van der Waals surface area contributed by atoms with Crippen molar-refractivity contribution < 1.29 is 22.1 Å². The van der Waals surface area contributed by atoms with Gasteiger partial charge in [-0.2, -0.15) is 4.31 Å². The van der Waals surface area contributed by atoms with Gasteiger partial charge in [0, 0.05) is 31.1 Å². The molecule has 0 unspecified atom stereocenters. The first-order chi connectivity index (χ1) is 16.9. The lowest BCUT2D eigenvalue weighted by Gasteiger charge is -2.30. The van der Waals surface area contributed by atoms with Crippen LogP contribution in [0.15, 0.2) is 45.3 Å². The summed E-state index contributed by atoms with van der Waals surface area (Å²) in [5.41, 5.74) is 1.98. The Hall–Kier alpha value is -2.78. The van der Waals surface area contributed by atoms with Crippen molar-refractivity contribution in [3.8, 4) is 0 Å². The average Bonchev–Trinajstić information content (AvgIpc) is 3.25. The number of benzene rings is 1. The predicted octanol–water partition coefficient (Wildman–Crippen LogP) is 4.70. The highest BCUT2D eigenvalue weighted by Crippen LogP contribution is 2.29. The van der Waals surface area contributed by atoms with Crippen molar-refractivity contribution in [2.24, 2.45) is 5.92 Å².